The minimum Gasteiger partial charge on any atom is -0.480 e. The second-order valence-electron chi connectivity index (χ2n) is 6.45. The van der Waals surface area contributed by atoms with Crippen LogP contribution in [0.1, 0.15) is 23.3 Å². The van der Waals surface area contributed by atoms with Crippen LogP contribution in [0.3, 0.4) is 0 Å². The van der Waals surface area contributed by atoms with Crippen molar-refractivity contribution in [1.29, 1.82) is 0 Å². The summed E-state index contributed by atoms with van der Waals surface area (Å²) >= 11 is 7.40. The van der Waals surface area contributed by atoms with Gasteiger partial charge in [-0.1, -0.05) is 23.7 Å². The number of primary amides is 1. The lowest BCUT2D eigenvalue weighted by molar-refractivity contribution is -0.140. The molecular weight excluding hydrogens is 412 g/mol. The Morgan fingerprint density at radius 3 is 2.66 bits per heavy atom. The average molecular weight is 427 g/mol. The zero-order valence-corrected chi connectivity index (χ0v) is 16.7. The molecule has 1 unspecified atom stereocenters. The number of aromatic nitrogens is 3. The zero-order chi connectivity index (χ0) is 20.7. The van der Waals surface area contributed by atoms with Crippen LogP contribution in [0.25, 0.3) is 33.0 Å². The Balaban J connectivity index is 1.91. The highest BCUT2D eigenvalue weighted by Crippen LogP contribution is 2.35. The zero-order valence-electron chi connectivity index (χ0n) is 15.2. The van der Waals surface area contributed by atoms with Crippen LogP contribution >= 0.6 is 23.1 Å². The summed E-state index contributed by atoms with van der Waals surface area (Å²) in [6.45, 7) is 1.59. The van der Waals surface area contributed by atoms with Gasteiger partial charge in [-0.25, -0.2) is 9.78 Å². The molecule has 2 aromatic heterocycles. The van der Waals surface area contributed by atoms with E-state index in [0.29, 0.717) is 43.6 Å². The standard InChI is InChI=1S/C20H15ClN4O3S/c1-10(20(27)28)25-15-7-6-11(17(22)26)8-12(15)9-16(25)19-23-18(24-29-19)13-4-2-3-5-14(13)21/h2-10H,1H3,(H2,22,26)(H,27,28). The lowest BCUT2D eigenvalue weighted by Crippen LogP contribution is -2.16. The molecule has 0 fully saturated rings. The Bertz CT molecular complexity index is 1260. The van der Waals surface area contributed by atoms with Crippen molar-refractivity contribution in [3.05, 3.63) is 59.1 Å². The molecule has 9 heteroatoms. The van der Waals surface area contributed by atoms with Gasteiger partial charge in [0.25, 0.3) is 0 Å². The summed E-state index contributed by atoms with van der Waals surface area (Å²) in [5.74, 6) is -1.07. The van der Waals surface area contributed by atoms with Crippen LogP contribution in [0.15, 0.2) is 48.5 Å². The summed E-state index contributed by atoms with van der Waals surface area (Å²) in [7, 11) is 0. The lowest BCUT2D eigenvalue weighted by atomic mass is 10.1. The number of amides is 1. The summed E-state index contributed by atoms with van der Waals surface area (Å²) in [6.07, 6.45) is 0. The first-order chi connectivity index (χ1) is 13.9. The van der Waals surface area contributed by atoms with Gasteiger partial charge in [-0.2, -0.15) is 4.37 Å². The van der Waals surface area contributed by atoms with Gasteiger partial charge in [0.15, 0.2) is 10.8 Å². The number of carbonyl (C=O) groups excluding carboxylic acids is 1. The van der Waals surface area contributed by atoms with Crippen molar-refractivity contribution in [2.45, 2.75) is 13.0 Å². The monoisotopic (exact) mass is 426 g/mol. The highest BCUT2D eigenvalue weighted by atomic mass is 35.5. The quantitative estimate of drug-likeness (QED) is 0.496. The number of hydrogen-bond donors (Lipinski definition) is 2. The maximum absolute atomic E-state index is 11.7. The van der Waals surface area contributed by atoms with Gasteiger partial charge in [0.2, 0.25) is 5.91 Å². The number of carboxylic acid groups (broad SMARTS) is 1. The molecule has 0 aliphatic heterocycles. The van der Waals surface area contributed by atoms with E-state index in [4.69, 9.17) is 17.3 Å². The number of fused-ring (bicyclic) bond motifs is 1. The predicted molar refractivity (Wildman–Crippen MR) is 112 cm³/mol. The van der Waals surface area contributed by atoms with Crippen LogP contribution in [0, 0.1) is 0 Å². The molecule has 4 rings (SSSR count). The second-order valence-corrected chi connectivity index (χ2v) is 7.61. The molecule has 0 bridgehead atoms. The summed E-state index contributed by atoms with van der Waals surface area (Å²) in [6, 6.07) is 13.1. The Kier molecular flexibility index (Phi) is 4.81. The van der Waals surface area contributed by atoms with Crippen molar-refractivity contribution in [2.24, 2.45) is 5.73 Å². The fourth-order valence-electron chi connectivity index (χ4n) is 3.16. The average Bonchev–Trinajstić information content (AvgIpc) is 3.31. The molecule has 29 heavy (non-hydrogen) atoms. The molecule has 0 saturated carbocycles. The molecule has 0 spiro atoms. The molecule has 2 heterocycles. The number of nitrogens with two attached hydrogens (primary N) is 1. The fraction of sp³-hybridized carbons (Fsp3) is 0.100. The summed E-state index contributed by atoms with van der Waals surface area (Å²) < 4.78 is 6.06. The Hall–Kier alpha value is -3.23. The second kappa shape index (κ2) is 7.31. The van der Waals surface area contributed by atoms with Gasteiger partial charge in [-0.05, 0) is 54.9 Å². The van der Waals surface area contributed by atoms with Gasteiger partial charge < -0.3 is 15.4 Å². The van der Waals surface area contributed by atoms with E-state index >= 15 is 0 Å². The number of carbonyl (C=O) groups is 2. The third-order valence-corrected chi connectivity index (χ3v) is 5.70. The van der Waals surface area contributed by atoms with E-state index in [1.54, 1.807) is 41.8 Å². The van der Waals surface area contributed by atoms with Crippen molar-refractivity contribution in [3.63, 3.8) is 0 Å². The highest BCUT2D eigenvalue weighted by molar-refractivity contribution is 7.09. The minimum absolute atomic E-state index is 0.346. The molecule has 3 N–H and O–H groups in total. The van der Waals surface area contributed by atoms with Crippen LogP contribution in [-0.4, -0.2) is 30.9 Å². The number of benzene rings is 2. The number of hydrogen-bond acceptors (Lipinski definition) is 5. The predicted octanol–water partition coefficient (Wildman–Crippen LogP) is 4.22. The van der Waals surface area contributed by atoms with Gasteiger partial charge in [0.05, 0.1) is 10.7 Å². The van der Waals surface area contributed by atoms with Gasteiger partial charge in [-0.3, -0.25) is 4.79 Å². The van der Waals surface area contributed by atoms with Crippen LogP contribution in [0.4, 0.5) is 0 Å². The minimum atomic E-state index is -0.987. The van der Waals surface area contributed by atoms with Crippen LogP contribution in [0.2, 0.25) is 5.02 Å². The van der Waals surface area contributed by atoms with E-state index in [1.165, 1.54) is 0 Å². The Morgan fingerprint density at radius 2 is 1.97 bits per heavy atom. The molecule has 1 amide bonds. The Labute approximate surface area is 174 Å². The normalized spacial score (nSPS) is 12.2. The van der Waals surface area contributed by atoms with Gasteiger partial charge in [-0.15, -0.1) is 0 Å². The first-order valence-electron chi connectivity index (χ1n) is 8.63. The lowest BCUT2D eigenvalue weighted by Gasteiger charge is -2.13. The summed E-state index contributed by atoms with van der Waals surface area (Å²) in [5.41, 5.74) is 7.67. The molecule has 2 aromatic carbocycles. The van der Waals surface area contributed by atoms with E-state index in [1.807, 2.05) is 18.2 Å². The number of nitrogens with zero attached hydrogens (tertiary/aromatic N) is 3. The number of halogens is 1. The molecular formula is C20H15ClN4O3S. The van der Waals surface area contributed by atoms with E-state index in [0.717, 1.165) is 11.5 Å². The maximum Gasteiger partial charge on any atom is 0.326 e. The SMILES string of the molecule is CC(C(=O)O)n1c(-c2nc(-c3ccccc3Cl)ns2)cc2cc(C(N)=O)ccc21. The fourth-order valence-corrected chi connectivity index (χ4v) is 4.07. The Morgan fingerprint density at radius 1 is 1.21 bits per heavy atom. The smallest absolute Gasteiger partial charge is 0.326 e. The molecule has 146 valence electrons. The molecule has 0 radical (unpaired) electrons. The maximum atomic E-state index is 11.7. The molecule has 0 saturated heterocycles. The number of rotatable bonds is 5. The van der Waals surface area contributed by atoms with E-state index in [9.17, 15) is 14.7 Å². The van der Waals surface area contributed by atoms with Crippen molar-refractivity contribution in [3.8, 4) is 22.1 Å². The van der Waals surface area contributed by atoms with E-state index in [-0.39, 0.29) is 0 Å². The third-order valence-electron chi connectivity index (χ3n) is 4.63. The topological polar surface area (TPSA) is 111 Å². The first-order valence-corrected chi connectivity index (χ1v) is 9.78. The molecule has 1 atom stereocenters. The van der Waals surface area contributed by atoms with Crippen molar-refractivity contribution >= 4 is 45.9 Å². The highest BCUT2D eigenvalue weighted by Gasteiger charge is 2.23. The van der Waals surface area contributed by atoms with Crippen LogP contribution in [0.5, 0.6) is 0 Å². The molecule has 7 nitrogen and oxygen atoms in total. The van der Waals surface area contributed by atoms with Crippen molar-refractivity contribution in [1.82, 2.24) is 13.9 Å². The van der Waals surface area contributed by atoms with E-state index in [2.05, 4.69) is 9.36 Å². The molecule has 0 aliphatic rings. The summed E-state index contributed by atoms with van der Waals surface area (Å²) in [4.78, 5) is 27.8. The van der Waals surface area contributed by atoms with Gasteiger partial charge >= 0.3 is 5.97 Å². The van der Waals surface area contributed by atoms with Crippen molar-refractivity contribution < 1.29 is 14.7 Å². The van der Waals surface area contributed by atoms with Gasteiger partial charge in [0, 0.05) is 22.0 Å². The van der Waals surface area contributed by atoms with E-state index < -0.39 is 17.9 Å². The molecule has 4 aromatic rings. The van der Waals surface area contributed by atoms with Crippen LogP contribution in [-0.2, 0) is 4.79 Å². The number of aliphatic carboxylic acids is 1. The van der Waals surface area contributed by atoms with Gasteiger partial charge in [0.1, 0.15) is 6.04 Å². The largest absolute Gasteiger partial charge is 0.480 e. The molecule has 0 aliphatic carbocycles. The first kappa shape index (κ1) is 19.1. The van der Waals surface area contributed by atoms with Crippen LogP contribution < -0.4 is 5.73 Å². The summed E-state index contributed by atoms with van der Waals surface area (Å²) in [5, 5.41) is 11.4. The van der Waals surface area contributed by atoms with Crippen molar-refractivity contribution in [2.75, 3.05) is 0 Å². The number of carboxylic acids is 1. The third kappa shape index (κ3) is 3.37.